The van der Waals surface area contributed by atoms with E-state index in [1.165, 1.54) is 24.4 Å². The van der Waals surface area contributed by atoms with Crippen LogP contribution in [0.1, 0.15) is 24.0 Å². The van der Waals surface area contributed by atoms with Crippen LogP contribution in [0.5, 0.6) is 0 Å². The molecule has 0 bridgehead atoms. The van der Waals surface area contributed by atoms with Gasteiger partial charge >= 0.3 is 0 Å². The maximum atomic E-state index is 13.9. The molecule has 1 aromatic heterocycles. The van der Waals surface area contributed by atoms with Crippen molar-refractivity contribution in [3.05, 3.63) is 64.4 Å². The lowest BCUT2D eigenvalue weighted by molar-refractivity contribution is -0.126. The van der Waals surface area contributed by atoms with Gasteiger partial charge in [-0.1, -0.05) is 18.2 Å². The number of hydrogen-bond acceptors (Lipinski definition) is 7. The van der Waals surface area contributed by atoms with Crippen molar-refractivity contribution in [1.29, 1.82) is 5.26 Å². The summed E-state index contributed by atoms with van der Waals surface area (Å²) >= 11 is 0.763. The molecule has 8 nitrogen and oxygen atoms in total. The number of anilines is 1. The first-order valence-electron chi connectivity index (χ1n) is 10.8. The van der Waals surface area contributed by atoms with E-state index in [1.807, 2.05) is 6.07 Å². The summed E-state index contributed by atoms with van der Waals surface area (Å²) in [6.45, 7) is 1.54. The lowest BCUT2D eigenvalue weighted by atomic mass is 9.96. The van der Waals surface area contributed by atoms with Crippen LogP contribution in [0.25, 0.3) is 6.08 Å². The van der Waals surface area contributed by atoms with Crippen LogP contribution in [0.4, 0.5) is 15.0 Å². The summed E-state index contributed by atoms with van der Waals surface area (Å²) in [6.07, 6.45) is 4.21. The molecule has 0 aliphatic carbocycles. The fourth-order valence-corrected chi connectivity index (χ4v) is 4.73. The van der Waals surface area contributed by atoms with Crippen LogP contribution >= 0.6 is 11.8 Å². The Morgan fingerprint density at radius 2 is 2.00 bits per heavy atom. The van der Waals surface area contributed by atoms with Crippen molar-refractivity contribution in [2.75, 3.05) is 31.1 Å². The number of aromatic nitrogens is 1. The van der Waals surface area contributed by atoms with E-state index in [-0.39, 0.29) is 35.4 Å². The fourth-order valence-electron chi connectivity index (χ4n) is 3.87. The van der Waals surface area contributed by atoms with Gasteiger partial charge in [-0.2, -0.15) is 5.26 Å². The Bertz CT molecular complexity index is 1170. The summed E-state index contributed by atoms with van der Waals surface area (Å²) in [5, 5.41) is 11.3. The third-order valence-corrected chi connectivity index (χ3v) is 6.67. The molecular weight excluding hydrogens is 457 g/mol. The number of thioether (sulfide) groups is 1. The van der Waals surface area contributed by atoms with Gasteiger partial charge in [-0.05, 0) is 48.9 Å². The molecule has 1 N–H and O–H groups in total. The number of amides is 3. The summed E-state index contributed by atoms with van der Waals surface area (Å²) in [5.74, 6) is -0.453. The largest absolute Gasteiger partial charge is 0.357 e. The predicted octanol–water partition coefficient (Wildman–Crippen LogP) is 3.16. The summed E-state index contributed by atoms with van der Waals surface area (Å²) < 4.78 is 13.9. The van der Waals surface area contributed by atoms with Crippen molar-refractivity contribution in [2.45, 2.75) is 12.8 Å². The van der Waals surface area contributed by atoms with E-state index in [9.17, 15) is 18.8 Å². The fraction of sp³-hybridized carbons (Fsp3) is 0.292. The number of nitrogens with zero attached hydrogens (tertiary/aromatic N) is 4. The van der Waals surface area contributed by atoms with Crippen molar-refractivity contribution in [2.24, 2.45) is 5.92 Å². The highest BCUT2D eigenvalue weighted by Crippen LogP contribution is 2.32. The summed E-state index contributed by atoms with van der Waals surface area (Å²) in [6, 6.07) is 11.6. The monoisotopic (exact) mass is 479 g/mol. The molecule has 1 aromatic carbocycles. The van der Waals surface area contributed by atoms with Crippen molar-refractivity contribution in [3.63, 3.8) is 0 Å². The average Bonchev–Trinajstić information content (AvgIpc) is 3.13. The van der Waals surface area contributed by atoms with Crippen LogP contribution in [0.2, 0.25) is 0 Å². The Balaban J connectivity index is 1.25. The number of benzene rings is 1. The Morgan fingerprint density at radius 3 is 2.68 bits per heavy atom. The van der Waals surface area contributed by atoms with E-state index in [4.69, 9.17) is 5.26 Å². The molecule has 10 heteroatoms. The molecule has 3 amide bonds. The zero-order chi connectivity index (χ0) is 24.1. The van der Waals surface area contributed by atoms with Crippen molar-refractivity contribution < 1.29 is 18.8 Å². The van der Waals surface area contributed by atoms with Crippen molar-refractivity contribution in [1.82, 2.24) is 15.2 Å². The van der Waals surface area contributed by atoms with E-state index >= 15 is 0 Å². The second-order valence-corrected chi connectivity index (χ2v) is 8.92. The van der Waals surface area contributed by atoms with Gasteiger partial charge < -0.3 is 10.2 Å². The minimum Gasteiger partial charge on any atom is -0.357 e. The molecule has 0 saturated carbocycles. The smallest absolute Gasteiger partial charge is 0.293 e. The normalized spacial score (nSPS) is 17.8. The molecule has 0 unspecified atom stereocenters. The molecule has 2 saturated heterocycles. The molecular formula is C24H22FN5O3S. The van der Waals surface area contributed by atoms with E-state index in [1.54, 1.807) is 24.3 Å². The van der Waals surface area contributed by atoms with Crippen molar-refractivity contribution >= 4 is 40.7 Å². The number of pyridine rings is 1. The molecule has 174 valence electrons. The maximum absolute atomic E-state index is 13.9. The molecule has 2 aliphatic rings. The molecule has 4 rings (SSSR count). The van der Waals surface area contributed by atoms with Crippen LogP contribution in [0, 0.1) is 23.1 Å². The Labute approximate surface area is 200 Å². The number of hydrogen-bond donors (Lipinski definition) is 1. The zero-order valence-corrected chi connectivity index (χ0v) is 19.1. The van der Waals surface area contributed by atoms with Gasteiger partial charge in [0.15, 0.2) is 0 Å². The standard InChI is InChI=1S/C24H22FN5O3S/c25-19-4-2-1-3-18(19)13-20-23(32)30(24(33)34-20)12-9-27-22(31)17-7-10-29(11-8-17)21-6-5-16(14-26)15-28-21/h1-6,13,15,17H,7-12H2,(H,27,31)/b20-13-. The Kier molecular flexibility index (Phi) is 7.23. The summed E-state index contributed by atoms with van der Waals surface area (Å²) in [5.41, 5.74) is 0.741. The average molecular weight is 480 g/mol. The van der Waals surface area contributed by atoms with E-state index in [0.29, 0.717) is 31.5 Å². The number of carbonyl (C=O) groups is 3. The number of carbonyl (C=O) groups excluding carboxylic acids is 3. The SMILES string of the molecule is N#Cc1ccc(N2CCC(C(=O)NCCN3C(=O)S/C(=C\c4ccccc4F)C3=O)CC2)nc1. The van der Waals surface area contributed by atoms with E-state index in [0.717, 1.165) is 22.5 Å². The Hall–Kier alpha value is -3.71. The molecule has 0 spiro atoms. The highest BCUT2D eigenvalue weighted by Gasteiger charge is 2.35. The lowest BCUT2D eigenvalue weighted by Gasteiger charge is -2.32. The number of rotatable bonds is 6. The van der Waals surface area contributed by atoms with Gasteiger partial charge in [-0.3, -0.25) is 19.3 Å². The minimum absolute atomic E-state index is 0.0546. The number of nitrogens with one attached hydrogen (secondary N) is 1. The van der Waals surface area contributed by atoms with E-state index in [2.05, 4.69) is 15.2 Å². The summed E-state index contributed by atoms with van der Waals surface area (Å²) in [4.78, 5) is 45.0. The first-order valence-corrected chi connectivity index (χ1v) is 11.7. The quantitative estimate of drug-likeness (QED) is 0.635. The second-order valence-electron chi connectivity index (χ2n) is 7.92. The van der Waals surface area contributed by atoms with Gasteiger partial charge in [0, 0.05) is 43.9 Å². The molecule has 2 aliphatic heterocycles. The molecule has 34 heavy (non-hydrogen) atoms. The molecule has 0 atom stereocenters. The minimum atomic E-state index is -0.490. The van der Waals surface area contributed by atoms with Crippen LogP contribution < -0.4 is 10.2 Å². The van der Waals surface area contributed by atoms with Gasteiger partial charge in [0.25, 0.3) is 11.1 Å². The predicted molar refractivity (Wildman–Crippen MR) is 126 cm³/mol. The highest BCUT2D eigenvalue weighted by molar-refractivity contribution is 8.18. The van der Waals surface area contributed by atoms with Crippen molar-refractivity contribution in [3.8, 4) is 6.07 Å². The molecule has 3 heterocycles. The topological polar surface area (TPSA) is 106 Å². The maximum Gasteiger partial charge on any atom is 0.293 e. The third kappa shape index (κ3) is 5.26. The van der Waals surface area contributed by atoms with E-state index < -0.39 is 17.0 Å². The first-order chi connectivity index (χ1) is 16.5. The van der Waals surface area contributed by atoms with Crippen LogP contribution in [-0.2, 0) is 9.59 Å². The van der Waals surface area contributed by atoms with Gasteiger partial charge in [0.1, 0.15) is 17.7 Å². The van der Waals surface area contributed by atoms with Gasteiger partial charge in [0.2, 0.25) is 5.91 Å². The number of nitriles is 1. The number of halogens is 1. The second kappa shape index (κ2) is 10.5. The molecule has 2 aromatic rings. The van der Waals surface area contributed by atoms with Gasteiger partial charge in [-0.15, -0.1) is 0 Å². The number of imide groups is 1. The first kappa shape index (κ1) is 23.4. The number of piperidine rings is 1. The van der Waals surface area contributed by atoms with Gasteiger partial charge in [-0.25, -0.2) is 9.37 Å². The van der Waals surface area contributed by atoms with Crippen LogP contribution in [0.3, 0.4) is 0 Å². The third-order valence-electron chi connectivity index (χ3n) is 5.77. The van der Waals surface area contributed by atoms with Crippen LogP contribution in [0.15, 0.2) is 47.5 Å². The highest BCUT2D eigenvalue weighted by atomic mass is 32.2. The lowest BCUT2D eigenvalue weighted by Crippen LogP contribution is -2.43. The zero-order valence-electron chi connectivity index (χ0n) is 18.2. The molecule has 0 radical (unpaired) electrons. The summed E-state index contributed by atoms with van der Waals surface area (Å²) in [7, 11) is 0. The van der Waals surface area contributed by atoms with Gasteiger partial charge in [0.05, 0.1) is 10.5 Å². The molecule has 2 fully saturated rings. The van der Waals surface area contributed by atoms with Crippen LogP contribution in [-0.4, -0.2) is 53.1 Å². The Morgan fingerprint density at radius 1 is 1.24 bits per heavy atom.